The van der Waals surface area contributed by atoms with Gasteiger partial charge in [-0.1, -0.05) is 30.7 Å². The van der Waals surface area contributed by atoms with Gasteiger partial charge in [-0.15, -0.1) is 0 Å². The summed E-state index contributed by atoms with van der Waals surface area (Å²) in [6.07, 6.45) is 1.13. The maximum absolute atomic E-state index is 6.04. The molecule has 0 aromatic heterocycles. The lowest BCUT2D eigenvalue weighted by molar-refractivity contribution is 0.177. The minimum atomic E-state index is 0.367. The van der Waals surface area contributed by atoms with E-state index < -0.39 is 0 Å². The van der Waals surface area contributed by atoms with Gasteiger partial charge in [-0.3, -0.25) is 0 Å². The highest BCUT2D eigenvalue weighted by Crippen LogP contribution is 2.29. The van der Waals surface area contributed by atoms with Crippen molar-refractivity contribution in [3.8, 4) is 0 Å². The molecule has 1 aromatic carbocycles. The first kappa shape index (κ1) is 11.9. The van der Waals surface area contributed by atoms with Gasteiger partial charge < -0.3 is 10.1 Å². The third kappa shape index (κ3) is 2.76. The number of benzene rings is 1. The summed E-state index contributed by atoms with van der Waals surface area (Å²) in [7, 11) is 0. The summed E-state index contributed by atoms with van der Waals surface area (Å²) in [5.41, 5.74) is 1.27. The highest BCUT2D eigenvalue weighted by Gasteiger charge is 2.26. The van der Waals surface area contributed by atoms with Gasteiger partial charge in [-0.05, 0) is 30.7 Å². The molecule has 3 heteroatoms. The summed E-state index contributed by atoms with van der Waals surface area (Å²) in [6, 6.07) is 8.48. The molecule has 2 atom stereocenters. The fourth-order valence-electron chi connectivity index (χ4n) is 2.29. The summed E-state index contributed by atoms with van der Waals surface area (Å²) in [5.74, 6) is 0.568. The summed E-state index contributed by atoms with van der Waals surface area (Å²) < 4.78 is 5.46. The van der Waals surface area contributed by atoms with E-state index in [-0.39, 0.29) is 0 Å². The highest BCUT2D eigenvalue weighted by atomic mass is 35.5. The molecule has 0 amide bonds. The van der Waals surface area contributed by atoms with Crippen LogP contribution >= 0.6 is 11.6 Å². The summed E-state index contributed by atoms with van der Waals surface area (Å²) in [5, 5.41) is 4.33. The van der Waals surface area contributed by atoms with E-state index in [1.54, 1.807) is 0 Å². The van der Waals surface area contributed by atoms with Crippen molar-refractivity contribution in [1.29, 1.82) is 0 Å². The molecular formula is C13H18ClNO. The normalized spacial score (nSPS) is 22.2. The number of nitrogens with one attached hydrogen (secondary N) is 1. The smallest absolute Gasteiger partial charge is 0.0513 e. The third-order valence-electron chi connectivity index (χ3n) is 3.07. The first-order chi connectivity index (χ1) is 7.81. The molecule has 0 saturated carbocycles. The Labute approximate surface area is 102 Å². The van der Waals surface area contributed by atoms with E-state index in [0.717, 1.165) is 31.2 Å². The van der Waals surface area contributed by atoms with Crippen LogP contribution in [0.15, 0.2) is 24.3 Å². The van der Waals surface area contributed by atoms with Crippen LogP contribution in [0.5, 0.6) is 0 Å². The lowest BCUT2D eigenvalue weighted by atomic mass is 9.92. The Hall–Kier alpha value is -0.570. The number of hydrogen-bond donors (Lipinski definition) is 1. The minimum absolute atomic E-state index is 0.367. The Morgan fingerprint density at radius 2 is 2.44 bits per heavy atom. The average molecular weight is 240 g/mol. The molecule has 2 nitrogen and oxygen atoms in total. The standard InChI is InChI=1S/C13H18ClNO/c1-2-15-13(11-6-7-16-9-11)10-4-3-5-12(14)8-10/h3-5,8,11,13,15H,2,6-7,9H2,1H3. The molecule has 1 saturated heterocycles. The second-order valence-corrected chi connectivity index (χ2v) is 4.65. The molecule has 0 bridgehead atoms. The van der Waals surface area contributed by atoms with Gasteiger partial charge in [0.25, 0.3) is 0 Å². The Balaban J connectivity index is 2.17. The van der Waals surface area contributed by atoms with Gasteiger partial charge in [0.05, 0.1) is 6.61 Å². The number of rotatable bonds is 4. The Morgan fingerprint density at radius 3 is 3.06 bits per heavy atom. The summed E-state index contributed by atoms with van der Waals surface area (Å²) in [4.78, 5) is 0. The molecule has 1 aliphatic rings. The molecule has 1 fully saturated rings. The SMILES string of the molecule is CCNC(c1cccc(Cl)c1)C1CCOC1. The first-order valence-electron chi connectivity index (χ1n) is 5.88. The van der Waals surface area contributed by atoms with Gasteiger partial charge in [-0.2, -0.15) is 0 Å². The molecule has 2 unspecified atom stereocenters. The molecule has 0 spiro atoms. The zero-order valence-corrected chi connectivity index (χ0v) is 10.3. The maximum Gasteiger partial charge on any atom is 0.0513 e. The molecule has 88 valence electrons. The van der Waals surface area contributed by atoms with Crippen molar-refractivity contribution in [2.75, 3.05) is 19.8 Å². The Morgan fingerprint density at radius 1 is 1.56 bits per heavy atom. The van der Waals surface area contributed by atoms with Crippen LogP contribution in [0.3, 0.4) is 0 Å². The molecule has 16 heavy (non-hydrogen) atoms. The third-order valence-corrected chi connectivity index (χ3v) is 3.30. The summed E-state index contributed by atoms with van der Waals surface area (Å²) in [6.45, 7) is 4.83. The van der Waals surface area contributed by atoms with Crippen LogP contribution in [0.1, 0.15) is 24.9 Å². The van der Waals surface area contributed by atoms with Gasteiger partial charge in [-0.25, -0.2) is 0 Å². The topological polar surface area (TPSA) is 21.3 Å². The zero-order chi connectivity index (χ0) is 11.4. The molecule has 1 heterocycles. The molecule has 2 rings (SSSR count). The monoisotopic (exact) mass is 239 g/mol. The van der Waals surface area contributed by atoms with E-state index in [2.05, 4.69) is 18.3 Å². The van der Waals surface area contributed by atoms with Crippen LogP contribution in [-0.2, 0) is 4.74 Å². The predicted molar refractivity (Wildman–Crippen MR) is 66.8 cm³/mol. The Kier molecular flexibility index (Phi) is 4.22. The molecule has 1 aliphatic heterocycles. The molecule has 0 radical (unpaired) electrons. The quantitative estimate of drug-likeness (QED) is 0.872. The van der Waals surface area contributed by atoms with E-state index in [9.17, 15) is 0 Å². The fourth-order valence-corrected chi connectivity index (χ4v) is 2.49. The van der Waals surface area contributed by atoms with Crippen molar-refractivity contribution in [1.82, 2.24) is 5.32 Å². The van der Waals surface area contributed by atoms with Crippen LogP contribution < -0.4 is 5.32 Å². The molecule has 0 aliphatic carbocycles. The van der Waals surface area contributed by atoms with Gasteiger partial charge in [0, 0.05) is 23.6 Å². The van der Waals surface area contributed by atoms with Crippen LogP contribution in [0.4, 0.5) is 0 Å². The van der Waals surface area contributed by atoms with Crippen molar-refractivity contribution in [2.24, 2.45) is 5.92 Å². The lowest BCUT2D eigenvalue weighted by Gasteiger charge is -2.23. The number of halogens is 1. The van der Waals surface area contributed by atoms with Gasteiger partial charge in [0.15, 0.2) is 0 Å². The van der Waals surface area contributed by atoms with Gasteiger partial charge in [0.1, 0.15) is 0 Å². The maximum atomic E-state index is 6.04. The second kappa shape index (κ2) is 5.67. The van der Waals surface area contributed by atoms with Crippen LogP contribution in [0.2, 0.25) is 5.02 Å². The average Bonchev–Trinajstić information content (AvgIpc) is 2.79. The first-order valence-corrected chi connectivity index (χ1v) is 6.25. The van der Waals surface area contributed by atoms with Crippen molar-refractivity contribution in [2.45, 2.75) is 19.4 Å². The molecule has 1 N–H and O–H groups in total. The van der Waals surface area contributed by atoms with Crippen LogP contribution in [-0.4, -0.2) is 19.8 Å². The van der Waals surface area contributed by atoms with E-state index in [4.69, 9.17) is 16.3 Å². The zero-order valence-electron chi connectivity index (χ0n) is 9.58. The summed E-state index contributed by atoms with van der Waals surface area (Å²) >= 11 is 6.04. The fraction of sp³-hybridized carbons (Fsp3) is 0.538. The van der Waals surface area contributed by atoms with Crippen molar-refractivity contribution in [3.63, 3.8) is 0 Å². The van der Waals surface area contributed by atoms with Crippen LogP contribution in [0.25, 0.3) is 0 Å². The van der Waals surface area contributed by atoms with Crippen molar-refractivity contribution < 1.29 is 4.74 Å². The minimum Gasteiger partial charge on any atom is -0.381 e. The number of hydrogen-bond acceptors (Lipinski definition) is 2. The largest absolute Gasteiger partial charge is 0.381 e. The molecule has 1 aromatic rings. The molecular weight excluding hydrogens is 222 g/mol. The van der Waals surface area contributed by atoms with Crippen molar-refractivity contribution in [3.05, 3.63) is 34.9 Å². The van der Waals surface area contributed by atoms with Gasteiger partial charge in [0.2, 0.25) is 0 Å². The van der Waals surface area contributed by atoms with E-state index in [0.29, 0.717) is 12.0 Å². The number of ether oxygens (including phenoxy) is 1. The highest BCUT2D eigenvalue weighted by molar-refractivity contribution is 6.30. The second-order valence-electron chi connectivity index (χ2n) is 4.21. The van der Waals surface area contributed by atoms with E-state index >= 15 is 0 Å². The van der Waals surface area contributed by atoms with Crippen molar-refractivity contribution >= 4 is 11.6 Å². The van der Waals surface area contributed by atoms with E-state index in [1.165, 1.54) is 5.56 Å². The predicted octanol–water partition coefficient (Wildman–Crippen LogP) is 3.03. The Bertz CT molecular complexity index is 336. The van der Waals surface area contributed by atoms with Crippen LogP contribution in [0, 0.1) is 5.92 Å². The van der Waals surface area contributed by atoms with E-state index in [1.807, 2.05) is 18.2 Å². The lowest BCUT2D eigenvalue weighted by Crippen LogP contribution is -2.28. The van der Waals surface area contributed by atoms with Gasteiger partial charge >= 0.3 is 0 Å².